The molecule has 1 N–H and O–H groups in total. The van der Waals surface area contributed by atoms with E-state index in [1.807, 2.05) is 55.7 Å². The van der Waals surface area contributed by atoms with Crippen molar-refractivity contribution in [1.29, 1.82) is 0 Å². The van der Waals surface area contributed by atoms with Gasteiger partial charge in [-0.25, -0.2) is 10.3 Å². The molecule has 0 aliphatic carbocycles. The number of benzene rings is 1. The average molecular weight is 370 g/mol. The highest BCUT2D eigenvalue weighted by atomic mass is 16.6. The lowest BCUT2D eigenvalue weighted by Gasteiger charge is -2.05. The summed E-state index contributed by atoms with van der Waals surface area (Å²) in [7, 11) is 0. The van der Waals surface area contributed by atoms with Crippen LogP contribution in [0.25, 0.3) is 6.08 Å². The van der Waals surface area contributed by atoms with Crippen LogP contribution in [0.5, 0.6) is 0 Å². The van der Waals surface area contributed by atoms with Gasteiger partial charge in [0.15, 0.2) is 0 Å². The maximum atomic E-state index is 12.3. The van der Waals surface area contributed by atoms with Crippen molar-refractivity contribution in [2.45, 2.75) is 40.8 Å². The highest BCUT2D eigenvalue weighted by molar-refractivity contribution is 5.98. The third kappa shape index (κ3) is 5.08. The van der Waals surface area contributed by atoms with Crippen LogP contribution in [0.4, 0.5) is 0 Å². The van der Waals surface area contributed by atoms with Crippen LogP contribution in [0, 0.1) is 13.8 Å². The van der Waals surface area contributed by atoms with Gasteiger partial charge in [0.1, 0.15) is 0 Å². The van der Waals surface area contributed by atoms with Gasteiger partial charge in [0.25, 0.3) is 5.91 Å². The quantitative estimate of drug-likeness (QED) is 0.438. The fourth-order valence-corrected chi connectivity index (χ4v) is 3.00. The van der Waals surface area contributed by atoms with E-state index in [9.17, 15) is 9.59 Å². The first-order valence-electron chi connectivity index (χ1n) is 9.00. The summed E-state index contributed by atoms with van der Waals surface area (Å²) in [5.41, 5.74) is 6.25. The van der Waals surface area contributed by atoms with E-state index in [0.717, 1.165) is 23.5 Å². The Morgan fingerprint density at radius 2 is 1.81 bits per heavy atom. The van der Waals surface area contributed by atoms with Crippen LogP contribution in [-0.2, 0) is 27.5 Å². The lowest BCUT2D eigenvalue weighted by Crippen LogP contribution is -2.21. The SMILES string of the molecule is CCOC(=O)c1c(C=CC(=O)NOCc2ccccc2)c(C)n(CC)c1C. The number of ether oxygens (including phenoxy) is 1. The number of esters is 1. The number of hydrogen-bond acceptors (Lipinski definition) is 4. The second-order valence-corrected chi connectivity index (χ2v) is 6.00. The first-order valence-corrected chi connectivity index (χ1v) is 9.00. The molecular formula is C21H26N2O4. The summed E-state index contributed by atoms with van der Waals surface area (Å²) in [5.74, 6) is -0.785. The van der Waals surface area contributed by atoms with Gasteiger partial charge in [-0.05, 0) is 39.3 Å². The first-order chi connectivity index (χ1) is 13.0. The maximum absolute atomic E-state index is 12.3. The van der Waals surface area contributed by atoms with Gasteiger partial charge in [-0.3, -0.25) is 9.63 Å². The standard InChI is InChI=1S/C21H26N2O4/c1-5-23-15(3)18(20(16(23)4)21(25)26-6-2)12-13-19(24)22-27-14-17-10-8-7-9-11-17/h7-13H,5-6,14H2,1-4H3,(H,22,24). The van der Waals surface area contributed by atoms with Crippen LogP contribution in [0.2, 0.25) is 0 Å². The van der Waals surface area contributed by atoms with E-state index in [4.69, 9.17) is 9.57 Å². The summed E-state index contributed by atoms with van der Waals surface area (Å²) in [6.07, 6.45) is 2.98. The number of carbonyl (C=O) groups excluding carboxylic acids is 2. The van der Waals surface area contributed by atoms with E-state index in [0.29, 0.717) is 17.7 Å². The molecule has 1 aromatic carbocycles. The number of rotatable bonds is 8. The molecule has 1 heterocycles. The Kier molecular flexibility index (Phi) is 7.37. The van der Waals surface area contributed by atoms with Gasteiger partial charge in [0.2, 0.25) is 0 Å². The molecule has 0 saturated heterocycles. The molecule has 2 aromatic rings. The van der Waals surface area contributed by atoms with E-state index >= 15 is 0 Å². The normalized spacial score (nSPS) is 11.0. The van der Waals surface area contributed by atoms with E-state index in [1.54, 1.807) is 13.0 Å². The lowest BCUT2D eigenvalue weighted by molar-refractivity contribution is -0.129. The summed E-state index contributed by atoms with van der Waals surface area (Å²) in [6.45, 7) is 8.87. The van der Waals surface area contributed by atoms with E-state index in [1.165, 1.54) is 6.08 Å². The molecule has 1 aromatic heterocycles. The van der Waals surface area contributed by atoms with Crippen LogP contribution in [0.3, 0.4) is 0 Å². The predicted molar refractivity (Wildman–Crippen MR) is 104 cm³/mol. The smallest absolute Gasteiger partial charge is 0.340 e. The Hall–Kier alpha value is -2.86. The summed E-state index contributed by atoms with van der Waals surface area (Å²) in [5, 5.41) is 0. The Morgan fingerprint density at radius 3 is 2.44 bits per heavy atom. The fourth-order valence-electron chi connectivity index (χ4n) is 3.00. The molecule has 0 radical (unpaired) electrons. The zero-order valence-electron chi connectivity index (χ0n) is 16.2. The minimum absolute atomic E-state index is 0.277. The van der Waals surface area contributed by atoms with E-state index < -0.39 is 5.91 Å². The van der Waals surface area contributed by atoms with Gasteiger partial charge in [-0.2, -0.15) is 0 Å². The number of carbonyl (C=O) groups is 2. The molecule has 1 amide bonds. The molecule has 0 saturated carbocycles. The minimum atomic E-state index is -0.401. The van der Waals surface area contributed by atoms with Crippen LogP contribution >= 0.6 is 0 Å². The molecule has 144 valence electrons. The maximum Gasteiger partial charge on any atom is 0.340 e. The first kappa shape index (κ1) is 20.5. The van der Waals surface area contributed by atoms with Crippen molar-refractivity contribution in [2.24, 2.45) is 0 Å². The van der Waals surface area contributed by atoms with Crippen LogP contribution < -0.4 is 5.48 Å². The molecule has 0 atom stereocenters. The molecule has 0 bridgehead atoms. The number of nitrogens with zero attached hydrogens (tertiary/aromatic N) is 1. The summed E-state index contributed by atoms with van der Waals surface area (Å²) >= 11 is 0. The number of hydroxylamine groups is 1. The van der Waals surface area contributed by atoms with Crippen molar-refractivity contribution in [3.05, 3.63) is 64.5 Å². The molecule has 27 heavy (non-hydrogen) atoms. The largest absolute Gasteiger partial charge is 0.462 e. The lowest BCUT2D eigenvalue weighted by atomic mass is 10.1. The topological polar surface area (TPSA) is 69.6 Å². The van der Waals surface area contributed by atoms with Gasteiger partial charge >= 0.3 is 5.97 Å². The highest BCUT2D eigenvalue weighted by Gasteiger charge is 2.22. The van der Waals surface area contributed by atoms with Gasteiger partial charge in [0.05, 0.1) is 18.8 Å². The molecule has 0 aliphatic rings. The average Bonchev–Trinajstić information content (AvgIpc) is 2.90. The monoisotopic (exact) mass is 370 g/mol. The highest BCUT2D eigenvalue weighted by Crippen LogP contribution is 2.24. The molecule has 6 heteroatoms. The predicted octanol–water partition coefficient (Wildman–Crippen LogP) is 3.56. The van der Waals surface area contributed by atoms with Gasteiger partial charge in [0, 0.05) is 29.6 Å². The summed E-state index contributed by atoms with van der Waals surface area (Å²) in [4.78, 5) is 29.6. The Labute approximate surface area is 159 Å². The molecular weight excluding hydrogens is 344 g/mol. The van der Waals surface area contributed by atoms with Crippen LogP contribution in [0.15, 0.2) is 36.4 Å². The van der Waals surface area contributed by atoms with Gasteiger partial charge in [-0.15, -0.1) is 0 Å². The third-order valence-electron chi connectivity index (χ3n) is 4.28. The Bertz CT molecular complexity index is 822. The van der Waals surface area contributed by atoms with Crippen molar-refractivity contribution in [1.82, 2.24) is 10.0 Å². The minimum Gasteiger partial charge on any atom is -0.462 e. The van der Waals surface area contributed by atoms with Gasteiger partial charge in [-0.1, -0.05) is 30.3 Å². The molecule has 0 spiro atoms. The number of aromatic nitrogens is 1. The molecule has 0 unspecified atom stereocenters. The summed E-state index contributed by atoms with van der Waals surface area (Å²) < 4.78 is 7.20. The zero-order valence-corrected chi connectivity index (χ0v) is 16.2. The Balaban J connectivity index is 2.10. The van der Waals surface area contributed by atoms with Crippen molar-refractivity contribution >= 4 is 18.0 Å². The van der Waals surface area contributed by atoms with E-state index in [2.05, 4.69) is 5.48 Å². The molecule has 6 nitrogen and oxygen atoms in total. The molecule has 0 fully saturated rings. The van der Waals surface area contributed by atoms with E-state index in [-0.39, 0.29) is 12.6 Å². The molecule has 0 aliphatic heterocycles. The Morgan fingerprint density at radius 1 is 1.11 bits per heavy atom. The molecule has 2 rings (SSSR count). The third-order valence-corrected chi connectivity index (χ3v) is 4.28. The number of nitrogens with one attached hydrogen (secondary N) is 1. The van der Waals surface area contributed by atoms with Gasteiger partial charge < -0.3 is 9.30 Å². The second-order valence-electron chi connectivity index (χ2n) is 6.00. The second kappa shape index (κ2) is 9.73. The van der Waals surface area contributed by atoms with Crippen molar-refractivity contribution in [2.75, 3.05) is 6.61 Å². The van der Waals surface area contributed by atoms with Crippen LogP contribution in [-0.4, -0.2) is 23.1 Å². The van der Waals surface area contributed by atoms with Crippen molar-refractivity contribution in [3.63, 3.8) is 0 Å². The number of hydrogen-bond donors (Lipinski definition) is 1. The fraction of sp³-hybridized carbons (Fsp3) is 0.333. The zero-order chi connectivity index (χ0) is 19.8. The number of amides is 1. The van der Waals surface area contributed by atoms with Crippen molar-refractivity contribution < 1.29 is 19.2 Å². The summed E-state index contributed by atoms with van der Waals surface area (Å²) in [6, 6.07) is 9.54. The van der Waals surface area contributed by atoms with Crippen molar-refractivity contribution in [3.8, 4) is 0 Å². The van der Waals surface area contributed by atoms with Crippen LogP contribution in [0.1, 0.15) is 46.7 Å².